The van der Waals surface area contributed by atoms with E-state index in [1.54, 1.807) is 0 Å². The number of imidazole rings is 1. The van der Waals surface area contributed by atoms with Gasteiger partial charge in [-0.05, 0) is 36.1 Å². The third kappa shape index (κ3) is 6.97. The predicted molar refractivity (Wildman–Crippen MR) is 213 cm³/mol. The molecule has 1 heterocycles. The molecule has 0 fully saturated rings. The van der Waals surface area contributed by atoms with Crippen LogP contribution in [0.15, 0.2) is 164 Å². The van der Waals surface area contributed by atoms with Gasteiger partial charge in [0.15, 0.2) is 0 Å². The number of hydrogen-bond donors (Lipinski definition) is 0. The summed E-state index contributed by atoms with van der Waals surface area (Å²) in [7, 11) is 0. The van der Waals surface area contributed by atoms with Gasteiger partial charge in [-0.15, -0.1) is 0 Å². The van der Waals surface area contributed by atoms with E-state index in [2.05, 4.69) is 215 Å². The molecule has 6 aromatic carbocycles. The molecule has 0 aliphatic heterocycles. The third-order valence-corrected chi connectivity index (χ3v) is 10.8. The van der Waals surface area contributed by atoms with Gasteiger partial charge in [-0.2, -0.15) is 0 Å². The molecule has 1 aromatic heterocycles. The highest BCUT2D eigenvalue weighted by molar-refractivity contribution is 5.58. The van der Waals surface area contributed by atoms with Crippen molar-refractivity contribution in [3.05, 3.63) is 220 Å². The van der Waals surface area contributed by atoms with Crippen molar-refractivity contribution in [2.45, 2.75) is 65.2 Å². The summed E-state index contributed by atoms with van der Waals surface area (Å²) < 4.78 is 4.77. The average molecular weight is 666 g/mol. The molecule has 0 bridgehead atoms. The zero-order valence-corrected chi connectivity index (χ0v) is 30.8. The van der Waals surface area contributed by atoms with Crippen molar-refractivity contribution in [2.75, 3.05) is 0 Å². The van der Waals surface area contributed by atoms with Crippen LogP contribution in [0.25, 0.3) is 11.4 Å². The quantitative estimate of drug-likeness (QED) is 0.129. The van der Waals surface area contributed by atoms with Crippen molar-refractivity contribution < 1.29 is 4.57 Å². The molecule has 0 saturated heterocycles. The maximum atomic E-state index is 2.40. The van der Waals surface area contributed by atoms with E-state index in [9.17, 15) is 0 Å². The maximum absolute atomic E-state index is 2.40. The Morgan fingerprint density at radius 2 is 0.745 bits per heavy atom. The van der Waals surface area contributed by atoms with Crippen LogP contribution in [-0.2, 0) is 0 Å². The smallest absolute Gasteiger partial charge is 0.201 e. The Bertz CT molecular complexity index is 1920. The summed E-state index contributed by atoms with van der Waals surface area (Å²) in [6.07, 6.45) is 6.85. The lowest BCUT2D eigenvalue weighted by atomic mass is 9.84. The van der Waals surface area contributed by atoms with E-state index >= 15 is 0 Å². The van der Waals surface area contributed by atoms with E-state index in [1.165, 1.54) is 67.0 Å². The molecule has 2 nitrogen and oxygen atoms in total. The minimum atomic E-state index is 0.209. The molecule has 0 amide bonds. The second-order valence-corrected chi connectivity index (χ2v) is 14.3. The third-order valence-electron chi connectivity index (χ3n) is 10.8. The van der Waals surface area contributed by atoms with Crippen molar-refractivity contribution in [1.82, 2.24) is 4.57 Å². The van der Waals surface area contributed by atoms with Gasteiger partial charge >= 0.3 is 0 Å². The lowest BCUT2D eigenvalue weighted by molar-refractivity contribution is -0.596. The van der Waals surface area contributed by atoms with E-state index in [0.717, 1.165) is 0 Å². The molecular formula is C49H49N2+. The Balaban J connectivity index is 1.46. The van der Waals surface area contributed by atoms with Crippen LogP contribution in [0.3, 0.4) is 0 Å². The Kier molecular flexibility index (Phi) is 9.86. The first-order valence-corrected chi connectivity index (χ1v) is 18.4. The molecule has 51 heavy (non-hydrogen) atoms. The summed E-state index contributed by atoms with van der Waals surface area (Å²) in [6.45, 7) is 13.9. The lowest BCUT2D eigenvalue weighted by Crippen LogP contribution is -2.32. The topological polar surface area (TPSA) is 8.81 Å². The molecule has 0 spiro atoms. The van der Waals surface area contributed by atoms with Gasteiger partial charge in [0.25, 0.3) is 6.33 Å². The van der Waals surface area contributed by atoms with E-state index in [4.69, 9.17) is 0 Å². The van der Waals surface area contributed by atoms with Crippen molar-refractivity contribution in [1.29, 1.82) is 0 Å². The second-order valence-electron chi connectivity index (χ2n) is 14.3. The van der Waals surface area contributed by atoms with Crippen LogP contribution >= 0.6 is 0 Å². The maximum Gasteiger partial charge on any atom is 0.254 e. The van der Waals surface area contributed by atoms with Crippen LogP contribution < -0.4 is 4.57 Å². The standard InChI is InChI=1S/C49H49N2/c1-34-29-44(36(3)40-19-11-7-12-20-40)48(45(30-34)37(4)41-21-13-8-14-22-41)50-27-28-51(33-50)49-46(38(5)42-23-15-9-16-24-42)31-35(2)32-47(49)39(6)43-25-17-10-18-26-43/h7-33,36-39H,1-6H3/q+1/t36-,37-,38-,39-/m1/s1. The van der Waals surface area contributed by atoms with Gasteiger partial charge in [-0.1, -0.05) is 184 Å². The summed E-state index contributed by atoms with van der Waals surface area (Å²) in [5.74, 6) is 0.835. The largest absolute Gasteiger partial charge is 0.254 e. The first kappa shape index (κ1) is 34.0. The van der Waals surface area contributed by atoms with Gasteiger partial charge in [0.05, 0.1) is 0 Å². The van der Waals surface area contributed by atoms with Gasteiger partial charge in [-0.25, -0.2) is 9.13 Å². The molecule has 0 saturated carbocycles. The van der Waals surface area contributed by atoms with Crippen LogP contribution in [0.1, 0.15) is 107 Å². The highest BCUT2D eigenvalue weighted by Gasteiger charge is 2.29. The van der Waals surface area contributed by atoms with Crippen LogP contribution in [0.4, 0.5) is 0 Å². The molecule has 0 unspecified atom stereocenters. The first-order valence-electron chi connectivity index (χ1n) is 18.4. The Hall–Kier alpha value is -5.47. The summed E-state index contributed by atoms with van der Waals surface area (Å²) in [6, 6.07) is 53.3. The summed E-state index contributed by atoms with van der Waals surface area (Å²) in [5, 5.41) is 0. The molecule has 0 aliphatic carbocycles. The van der Waals surface area contributed by atoms with Crippen molar-refractivity contribution >= 4 is 0 Å². The van der Waals surface area contributed by atoms with E-state index < -0.39 is 0 Å². The Morgan fingerprint density at radius 1 is 0.431 bits per heavy atom. The molecule has 0 aliphatic rings. The van der Waals surface area contributed by atoms with E-state index in [1.807, 2.05) is 0 Å². The zero-order chi connectivity index (χ0) is 35.5. The van der Waals surface area contributed by atoms with Crippen molar-refractivity contribution in [2.24, 2.45) is 0 Å². The van der Waals surface area contributed by atoms with E-state index in [0.29, 0.717) is 0 Å². The van der Waals surface area contributed by atoms with Gasteiger partial charge in [0.2, 0.25) is 0 Å². The normalized spacial score (nSPS) is 13.8. The Labute approximate surface area is 304 Å². The fraction of sp³-hybridized carbons (Fsp3) is 0.204. The Morgan fingerprint density at radius 3 is 1.10 bits per heavy atom. The van der Waals surface area contributed by atoms with Gasteiger partial charge in [0, 0.05) is 45.9 Å². The van der Waals surface area contributed by atoms with Gasteiger partial charge in [0.1, 0.15) is 23.8 Å². The first-order chi connectivity index (χ1) is 24.8. The molecule has 0 N–H and O–H groups in total. The van der Waals surface area contributed by atoms with Crippen LogP contribution in [-0.4, -0.2) is 4.57 Å². The predicted octanol–water partition coefficient (Wildman–Crippen LogP) is 12.0. The van der Waals surface area contributed by atoms with Gasteiger partial charge in [-0.3, -0.25) is 0 Å². The van der Waals surface area contributed by atoms with Gasteiger partial charge < -0.3 is 0 Å². The summed E-state index contributed by atoms with van der Waals surface area (Å²) in [4.78, 5) is 0. The SMILES string of the molecule is Cc1cc([C@H](C)c2ccccc2)c(-n2cc[n+](-c3c([C@H](C)c4ccccc4)cc(C)cc3[C@H](C)c3ccccc3)c2)c([C@H](C)c2ccccc2)c1. The summed E-state index contributed by atoms with van der Waals surface area (Å²) >= 11 is 0. The molecule has 4 atom stereocenters. The zero-order valence-electron chi connectivity index (χ0n) is 30.8. The minimum Gasteiger partial charge on any atom is -0.201 e. The lowest BCUT2D eigenvalue weighted by Gasteiger charge is -2.23. The highest BCUT2D eigenvalue weighted by atomic mass is 15.1. The molecular weight excluding hydrogens is 617 g/mol. The monoisotopic (exact) mass is 665 g/mol. The summed E-state index contributed by atoms with van der Waals surface area (Å²) in [5.41, 5.74) is 15.7. The van der Waals surface area contributed by atoms with Crippen LogP contribution in [0.2, 0.25) is 0 Å². The molecule has 0 radical (unpaired) electrons. The fourth-order valence-electron chi connectivity index (χ4n) is 7.89. The molecule has 7 aromatic rings. The van der Waals surface area contributed by atoms with Crippen LogP contribution in [0.5, 0.6) is 0 Å². The number of nitrogens with zero attached hydrogens (tertiary/aromatic N) is 2. The van der Waals surface area contributed by atoms with Crippen molar-refractivity contribution in [3.63, 3.8) is 0 Å². The second kappa shape index (κ2) is 14.8. The number of benzene rings is 6. The van der Waals surface area contributed by atoms with Crippen LogP contribution in [0, 0.1) is 13.8 Å². The number of hydrogen-bond acceptors (Lipinski definition) is 0. The van der Waals surface area contributed by atoms with E-state index in [-0.39, 0.29) is 23.7 Å². The number of aryl methyl sites for hydroxylation is 2. The molecule has 2 heteroatoms. The molecule has 254 valence electrons. The average Bonchev–Trinajstić information content (AvgIpc) is 3.66. The molecule has 7 rings (SSSR count). The minimum absolute atomic E-state index is 0.209. The number of rotatable bonds is 10. The highest BCUT2D eigenvalue weighted by Crippen LogP contribution is 2.39. The fourth-order valence-corrected chi connectivity index (χ4v) is 7.89. The number of aromatic nitrogens is 2. The van der Waals surface area contributed by atoms with Crippen molar-refractivity contribution in [3.8, 4) is 11.4 Å².